The van der Waals surface area contributed by atoms with Crippen molar-refractivity contribution in [3.63, 3.8) is 0 Å². The molecule has 0 spiro atoms. The van der Waals surface area contributed by atoms with Gasteiger partial charge in [-0.25, -0.2) is 0 Å². The molecule has 76 valence electrons. The molecule has 0 saturated carbocycles. The highest BCUT2D eigenvalue weighted by Gasteiger charge is 2.20. The number of hydrogen-bond donors (Lipinski definition) is 1. The van der Waals surface area contributed by atoms with Gasteiger partial charge in [0, 0.05) is 24.7 Å². The van der Waals surface area contributed by atoms with Crippen molar-refractivity contribution in [1.29, 1.82) is 0 Å². The summed E-state index contributed by atoms with van der Waals surface area (Å²) in [6.07, 6.45) is 0. The lowest BCUT2D eigenvalue weighted by molar-refractivity contribution is 0.736. The molecule has 1 atom stereocenters. The van der Waals surface area contributed by atoms with Crippen molar-refractivity contribution < 1.29 is 0 Å². The predicted octanol–water partition coefficient (Wildman–Crippen LogP) is 2.90. The smallest absolute Gasteiger partial charge is 0.0644 e. The lowest BCUT2D eigenvalue weighted by atomic mass is 10.1. The first-order chi connectivity index (χ1) is 6.59. The van der Waals surface area contributed by atoms with Gasteiger partial charge in [0.25, 0.3) is 0 Å². The van der Waals surface area contributed by atoms with Gasteiger partial charge in [-0.2, -0.15) is 0 Å². The third-order valence-corrected chi connectivity index (χ3v) is 3.11. The van der Waals surface area contributed by atoms with Crippen LogP contribution in [-0.4, -0.2) is 19.6 Å². The lowest BCUT2D eigenvalue weighted by Gasteiger charge is -2.34. The maximum atomic E-state index is 6.09. The van der Waals surface area contributed by atoms with Gasteiger partial charge in [-0.05, 0) is 31.5 Å². The van der Waals surface area contributed by atoms with Gasteiger partial charge in [-0.3, -0.25) is 0 Å². The Kier molecular flexibility index (Phi) is 2.31. The highest BCUT2D eigenvalue weighted by molar-refractivity contribution is 6.32. The summed E-state index contributed by atoms with van der Waals surface area (Å²) in [5, 5.41) is 4.30. The van der Waals surface area contributed by atoms with Crippen LogP contribution in [0.25, 0.3) is 0 Å². The summed E-state index contributed by atoms with van der Waals surface area (Å²) in [7, 11) is 2.11. The Morgan fingerprint density at radius 2 is 2.21 bits per heavy atom. The van der Waals surface area contributed by atoms with Gasteiger partial charge in [0.05, 0.1) is 11.4 Å². The van der Waals surface area contributed by atoms with E-state index in [0.29, 0.717) is 6.04 Å². The van der Waals surface area contributed by atoms with Crippen molar-refractivity contribution >= 4 is 23.0 Å². The molecule has 1 N–H and O–H groups in total. The van der Waals surface area contributed by atoms with E-state index in [1.165, 1.54) is 11.4 Å². The third kappa shape index (κ3) is 1.44. The minimum Gasteiger partial charge on any atom is -0.379 e. The Hall–Kier alpha value is -0.890. The molecule has 1 heterocycles. The number of nitrogens with zero attached hydrogens (tertiary/aromatic N) is 1. The number of nitrogens with one attached hydrogen (secondary N) is 1. The first-order valence-corrected chi connectivity index (χ1v) is 5.24. The molecule has 2 nitrogen and oxygen atoms in total. The third-order valence-electron chi connectivity index (χ3n) is 2.70. The molecule has 0 amide bonds. The standard InChI is InChI=1S/C11H15ClN2/c1-7-6-14(3)11-8(2)9(12)4-5-10(11)13-7/h4-5,7,13H,6H2,1-3H3. The van der Waals surface area contributed by atoms with Gasteiger partial charge in [0.2, 0.25) is 0 Å². The molecule has 2 rings (SSSR count). The highest BCUT2D eigenvalue weighted by atomic mass is 35.5. The van der Waals surface area contributed by atoms with Crippen molar-refractivity contribution in [2.75, 3.05) is 23.8 Å². The van der Waals surface area contributed by atoms with Crippen molar-refractivity contribution in [2.24, 2.45) is 0 Å². The van der Waals surface area contributed by atoms with Crippen LogP contribution in [0.4, 0.5) is 11.4 Å². The van der Waals surface area contributed by atoms with Crippen LogP contribution >= 0.6 is 11.6 Å². The van der Waals surface area contributed by atoms with E-state index in [9.17, 15) is 0 Å². The second-order valence-corrected chi connectivity index (χ2v) is 4.40. The number of benzene rings is 1. The largest absolute Gasteiger partial charge is 0.379 e. The minimum absolute atomic E-state index is 0.494. The first kappa shape index (κ1) is 9.66. The second kappa shape index (κ2) is 3.35. The minimum atomic E-state index is 0.494. The van der Waals surface area contributed by atoms with E-state index < -0.39 is 0 Å². The van der Waals surface area contributed by atoms with Crippen LogP contribution in [0, 0.1) is 6.92 Å². The maximum absolute atomic E-state index is 6.09. The molecular weight excluding hydrogens is 196 g/mol. The fourth-order valence-corrected chi connectivity index (χ4v) is 2.25. The Morgan fingerprint density at radius 1 is 1.50 bits per heavy atom. The zero-order valence-corrected chi connectivity index (χ0v) is 9.52. The topological polar surface area (TPSA) is 15.3 Å². The summed E-state index contributed by atoms with van der Waals surface area (Å²) in [5.41, 5.74) is 3.58. The van der Waals surface area contributed by atoms with E-state index in [1.807, 2.05) is 6.07 Å². The normalized spacial score (nSPS) is 20.3. The molecule has 1 aliphatic heterocycles. The van der Waals surface area contributed by atoms with Gasteiger partial charge < -0.3 is 10.2 Å². The average Bonchev–Trinajstić information content (AvgIpc) is 2.10. The molecule has 1 aliphatic rings. The Morgan fingerprint density at radius 3 is 2.93 bits per heavy atom. The van der Waals surface area contributed by atoms with Crippen LogP contribution in [0.3, 0.4) is 0 Å². The van der Waals surface area contributed by atoms with Crippen LogP contribution < -0.4 is 10.2 Å². The Labute approximate surface area is 89.9 Å². The van der Waals surface area contributed by atoms with E-state index >= 15 is 0 Å². The van der Waals surface area contributed by atoms with E-state index in [2.05, 4.69) is 37.2 Å². The molecule has 1 aromatic carbocycles. The monoisotopic (exact) mass is 210 g/mol. The van der Waals surface area contributed by atoms with Gasteiger partial charge in [0.1, 0.15) is 0 Å². The van der Waals surface area contributed by atoms with E-state index in [0.717, 1.165) is 17.1 Å². The summed E-state index contributed by atoms with van der Waals surface area (Å²) < 4.78 is 0. The summed E-state index contributed by atoms with van der Waals surface area (Å²) in [4.78, 5) is 2.26. The van der Waals surface area contributed by atoms with Gasteiger partial charge in [-0.15, -0.1) is 0 Å². The van der Waals surface area contributed by atoms with Crippen molar-refractivity contribution in [2.45, 2.75) is 19.9 Å². The maximum Gasteiger partial charge on any atom is 0.0644 e. The quantitative estimate of drug-likeness (QED) is 0.709. The molecule has 0 aromatic heterocycles. The number of rotatable bonds is 0. The number of likely N-dealkylation sites (N-methyl/N-ethyl adjacent to an activating group) is 1. The van der Waals surface area contributed by atoms with E-state index in [4.69, 9.17) is 11.6 Å². The zero-order valence-electron chi connectivity index (χ0n) is 8.76. The summed E-state index contributed by atoms with van der Waals surface area (Å²) in [5.74, 6) is 0. The fraction of sp³-hybridized carbons (Fsp3) is 0.455. The summed E-state index contributed by atoms with van der Waals surface area (Å²) >= 11 is 6.09. The Bertz CT molecular complexity index is 363. The molecule has 1 aromatic rings. The molecular formula is C11H15ClN2. The van der Waals surface area contributed by atoms with Crippen molar-refractivity contribution in [1.82, 2.24) is 0 Å². The number of anilines is 2. The van der Waals surface area contributed by atoms with E-state index in [-0.39, 0.29) is 0 Å². The summed E-state index contributed by atoms with van der Waals surface area (Å²) in [6.45, 7) is 5.27. The highest BCUT2D eigenvalue weighted by Crippen LogP contribution is 2.36. The lowest BCUT2D eigenvalue weighted by Crippen LogP contribution is -2.37. The molecule has 0 saturated heterocycles. The van der Waals surface area contributed by atoms with Crippen LogP contribution in [0.1, 0.15) is 12.5 Å². The molecule has 0 aliphatic carbocycles. The zero-order chi connectivity index (χ0) is 10.3. The molecule has 14 heavy (non-hydrogen) atoms. The predicted molar refractivity (Wildman–Crippen MR) is 62.5 cm³/mol. The number of halogens is 1. The molecule has 3 heteroatoms. The van der Waals surface area contributed by atoms with Gasteiger partial charge >= 0.3 is 0 Å². The molecule has 0 radical (unpaired) electrons. The van der Waals surface area contributed by atoms with Crippen LogP contribution in [0.2, 0.25) is 5.02 Å². The first-order valence-electron chi connectivity index (χ1n) is 4.86. The average molecular weight is 211 g/mol. The van der Waals surface area contributed by atoms with Crippen LogP contribution in [-0.2, 0) is 0 Å². The second-order valence-electron chi connectivity index (χ2n) is 3.99. The van der Waals surface area contributed by atoms with Crippen molar-refractivity contribution in [3.05, 3.63) is 22.7 Å². The van der Waals surface area contributed by atoms with Gasteiger partial charge in [-0.1, -0.05) is 11.6 Å². The van der Waals surface area contributed by atoms with Crippen LogP contribution in [0.5, 0.6) is 0 Å². The number of hydrogen-bond acceptors (Lipinski definition) is 2. The molecule has 0 bridgehead atoms. The number of fused-ring (bicyclic) bond motifs is 1. The van der Waals surface area contributed by atoms with Crippen molar-refractivity contribution in [3.8, 4) is 0 Å². The van der Waals surface area contributed by atoms with Gasteiger partial charge in [0.15, 0.2) is 0 Å². The molecule has 0 fully saturated rings. The Balaban J connectivity index is 2.54. The summed E-state index contributed by atoms with van der Waals surface area (Å²) in [6, 6.07) is 4.50. The van der Waals surface area contributed by atoms with E-state index in [1.54, 1.807) is 0 Å². The van der Waals surface area contributed by atoms with Crippen LogP contribution in [0.15, 0.2) is 12.1 Å². The molecule has 1 unspecified atom stereocenters. The fourth-order valence-electron chi connectivity index (χ4n) is 2.10. The SMILES string of the molecule is Cc1c(Cl)ccc2c1N(C)CC(C)N2.